The van der Waals surface area contributed by atoms with E-state index in [4.69, 9.17) is 5.73 Å². The summed E-state index contributed by atoms with van der Waals surface area (Å²) in [5.74, 6) is -1.72. The molecule has 0 spiro atoms. The van der Waals surface area contributed by atoms with Gasteiger partial charge in [-0.25, -0.2) is 9.78 Å². The number of nitrogens with two attached hydrogens (primary N) is 1. The van der Waals surface area contributed by atoms with Gasteiger partial charge in [0.15, 0.2) is 6.61 Å². The molecule has 1 aromatic carbocycles. The lowest BCUT2D eigenvalue weighted by Gasteiger charge is -2.12. The lowest BCUT2D eigenvalue weighted by Crippen LogP contribution is -2.21. The molecular weight excluding hydrogens is 327 g/mol. The molecule has 6 nitrogen and oxygen atoms in total. The molecule has 0 saturated carbocycles. The Labute approximate surface area is 134 Å². The zero-order valence-electron chi connectivity index (χ0n) is 12.1. The number of esters is 1. The number of anilines is 2. The van der Waals surface area contributed by atoms with Crippen molar-refractivity contribution in [2.24, 2.45) is 5.73 Å². The highest BCUT2D eigenvalue weighted by molar-refractivity contribution is 5.96. The van der Waals surface area contributed by atoms with E-state index in [1.807, 2.05) is 0 Å². The standard InChI is InChI=1S/C15H12F3N3O3/c16-15(17,18)9-3-1-4-10(7-9)21-13-11(5-2-6-20-13)14(23)24-8-12(19)22/h1-7H,8H2,(H2,19,22)(H,20,21). The van der Waals surface area contributed by atoms with Gasteiger partial charge in [0.25, 0.3) is 5.91 Å². The maximum Gasteiger partial charge on any atom is 0.416 e. The first kappa shape index (κ1) is 17.3. The second-order valence-electron chi connectivity index (χ2n) is 4.65. The number of halogens is 3. The summed E-state index contributed by atoms with van der Waals surface area (Å²) < 4.78 is 42.9. The molecule has 9 heteroatoms. The highest BCUT2D eigenvalue weighted by atomic mass is 19.4. The maximum atomic E-state index is 12.7. The molecule has 0 fully saturated rings. The molecule has 0 atom stereocenters. The van der Waals surface area contributed by atoms with Crippen LogP contribution in [0.15, 0.2) is 42.6 Å². The Morgan fingerprint density at radius 1 is 1.21 bits per heavy atom. The molecule has 0 aliphatic rings. The van der Waals surface area contributed by atoms with Crippen LogP contribution in [0.25, 0.3) is 0 Å². The van der Waals surface area contributed by atoms with Crippen LogP contribution in [0, 0.1) is 0 Å². The Morgan fingerprint density at radius 2 is 1.96 bits per heavy atom. The van der Waals surface area contributed by atoms with E-state index in [2.05, 4.69) is 15.0 Å². The van der Waals surface area contributed by atoms with Gasteiger partial charge >= 0.3 is 12.1 Å². The van der Waals surface area contributed by atoms with Crippen LogP contribution in [-0.2, 0) is 15.7 Å². The van der Waals surface area contributed by atoms with Crippen molar-refractivity contribution < 1.29 is 27.5 Å². The van der Waals surface area contributed by atoms with E-state index in [1.54, 1.807) is 0 Å². The number of aromatic nitrogens is 1. The predicted molar refractivity (Wildman–Crippen MR) is 78.4 cm³/mol. The van der Waals surface area contributed by atoms with Gasteiger partial charge in [-0.05, 0) is 30.3 Å². The number of alkyl halides is 3. The van der Waals surface area contributed by atoms with Crippen LogP contribution in [0.1, 0.15) is 15.9 Å². The number of hydrogen-bond acceptors (Lipinski definition) is 5. The topological polar surface area (TPSA) is 94.3 Å². The number of benzene rings is 1. The van der Waals surface area contributed by atoms with Crippen LogP contribution >= 0.6 is 0 Å². The van der Waals surface area contributed by atoms with Gasteiger partial charge < -0.3 is 15.8 Å². The van der Waals surface area contributed by atoms with Gasteiger partial charge in [0.2, 0.25) is 0 Å². The SMILES string of the molecule is NC(=O)COC(=O)c1cccnc1Nc1cccc(C(F)(F)F)c1. The van der Waals surface area contributed by atoms with Crippen molar-refractivity contribution in [1.29, 1.82) is 0 Å². The lowest BCUT2D eigenvalue weighted by molar-refractivity contribution is -0.137. The lowest BCUT2D eigenvalue weighted by atomic mass is 10.2. The Kier molecular flexibility index (Phi) is 5.02. The third-order valence-corrected chi connectivity index (χ3v) is 2.83. The zero-order chi connectivity index (χ0) is 17.7. The minimum atomic E-state index is -4.49. The van der Waals surface area contributed by atoms with E-state index in [0.29, 0.717) is 0 Å². The molecule has 2 aromatic rings. The van der Waals surface area contributed by atoms with Gasteiger partial charge in [-0.15, -0.1) is 0 Å². The number of pyridine rings is 1. The van der Waals surface area contributed by atoms with E-state index in [0.717, 1.165) is 12.1 Å². The van der Waals surface area contributed by atoms with E-state index in [1.165, 1.54) is 30.5 Å². The van der Waals surface area contributed by atoms with E-state index in [9.17, 15) is 22.8 Å². The number of hydrogen-bond donors (Lipinski definition) is 2. The number of carbonyl (C=O) groups excluding carboxylic acids is 2. The molecule has 0 unspecified atom stereocenters. The van der Waals surface area contributed by atoms with Crippen LogP contribution in [-0.4, -0.2) is 23.5 Å². The molecule has 126 valence electrons. The third kappa shape index (κ3) is 4.45. The summed E-state index contributed by atoms with van der Waals surface area (Å²) in [6.45, 7) is -0.614. The Balaban J connectivity index is 2.25. The quantitative estimate of drug-likeness (QED) is 0.816. The van der Waals surface area contributed by atoms with Crippen molar-refractivity contribution in [1.82, 2.24) is 4.98 Å². The van der Waals surface area contributed by atoms with Crippen LogP contribution in [0.3, 0.4) is 0 Å². The minimum absolute atomic E-state index is 0.00806. The zero-order valence-corrected chi connectivity index (χ0v) is 12.1. The molecule has 0 aliphatic carbocycles. The smallest absolute Gasteiger partial charge is 0.416 e. The molecule has 1 aromatic heterocycles. The summed E-state index contributed by atoms with van der Waals surface area (Å²) >= 11 is 0. The minimum Gasteiger partial charge on any atom is -0.452 e. The Bertz CT molecular complexity index is 763. The number of primary amides is 1. The van der Waals surface area contributed by atoms with Crippen LogP contribution in [0.4, 0.5) is 24.7 Å². The molecule has 3 N–H and O–H groups in total. The summed E-state index contributed by atoms with van der Waals surface area (Å²) in [5, 5.41) is 2.63. The van der Waals surface area contributed by atoms with Crippen LogP contribution < -0.4 is 11.1 Å². The first-order chi connectivity index (χ1) is 11.3. The number of carbonyl (C=O) groups is 2. The third-order valence-electron chi connectivity index (χ3n) is 2.83. The Hall–Kier alpha value is -3.10. The summed E-state index contributed by atoms with van der Waals surface area (Å²) in [6, 6.07) is 7.21. The van der Waals surface area contributed by atoms with Crippen molar-refractivity contribution >= 4 is 23.4 Å². The van der Waals surface area contributed by atoms with Gasteiger partial charge in [0.1, 0.15) is 11.4 Å². The molecule has 0 aliphatic heterocycles. The van der Waals surface area contributed by atoms with E-state index >= 15 is 0 Å². The van der Waals surface area contributed by atoms with Gasteiger partial charge in [0.05, 0.1) is 5.56 Å². The number of nitrogens with zero attached hydrogens (tertiary/aromatic N) is 1. The van der Waals surface area contributed by atoms with Gasteiger partial charge in [0, 0.05) is 11.9 Å². The van der Waals surface area contributed by atoms with Gasteiger partial charge in [-0.2, -0.15) is 13.2 Å². The van der Waals surface area contributed by atoms with Crippen molar-refractivity contribution in [2.75, 3.05) is 11.9 Å². The summed E-state index contributed by atoms with van der Waals surface area (Å²) in [6.07, 6.45) is -3.15. The highest BCUT2D eigenvalue weighted by Gasteiger charge is 2.30. The molecule has 0 radical (unpaired) electrons. The fourth-order valence-corrected chi connectivity index (χ4v) is 1.79. The first-order valence-electron chi connectivity index (χ1n) is 6.62. The van der Waals surface area contributed by atoms with E-state index in [-0.39, 0.29) is 17.1 Å². The second-order valence-corrected chi connectivity index (χ2v) is 4.65. The molecule has 24 heavy (non-hydrogen) atoms. The fraction of sp³-hybridized carbons (Fsp3) is 0.133. The summed E-state index contributed by atoms with van der Waals surface area (Å²) in [5.41, 5.74) is 4.08. The fourth-order valence-electron chi connectivity index (χ4n) is 1.79. The van der Waals surface area contributed by atoms with Gasteiger partial charge in [-0.3, -0.25) is 4.79 Å². The van der Waals surface area contributed by atoms with Crippen molar-refractivity contribution in [3.8, 4) is 0 Å². The first-order valence-corrected chi connectivity index (χ1v) is 6.62. The molecule has 2 rings (SSSR count). The maximum absolute atomic E-state index is 12.7. The average molecular weight is 339 g/mol. The Morgan fingerprint density at radius 3 is 2.62 bits per heavy atom. The van der Waals surface area contributed by atoms with Crippen LogP contribution in [0.5, 0.6) is 0 Å². The predicted octanol–water partition coefficient (Wildman–Crippen LogP) is 2.49. The number of nitrogens with one attached hydrogen (secondary N) is 1. The molecule has 1 amide bonds. The number of ether oxygens (including phenoxy) is 1. The van der Waals surface area contributed by atoms with Crippen molar-refractivity contribution in [2.45, 2.75) is 6.18 Å². The molecule has 0 saturated heterocycles. The van der Waals surface area contributed by atoms with E-state index < -0.39 is 30.2 Å². The summed E-state index contributed by atoms with van der Waals surface area (Å²) in [4.78, 5) is 26.5. The number of rotatable bonds is 5. The van der Waals surface area contributed by atoms with Gasteiger partial charge in [-0.1, -0.05) is 6.07 Å². The normalized spacial score (nSPS) is 11.0. The second kappa shape index (κ2) is 6.99. The average Bonchev–Trinajstić information content (AvgIpc) is 2.52. The largest absolute Gasteiger partial charge is 0.452 e. The molecular formula is C15H12F3N3O3. The van der Waals surface area contributed by atoms with Crippen molar-refractivity contribution in [3.05, 3.63) is 53.7 Å². The number of amides is 1. The summed E-state index contributed by atoms with van der Waals surface area (Å²) in [7, 11) is 0. The highest BCUT2D eigenvalue weighted by Crippen LogP contribution is 2.31. The molecule has 1 heterocycles. The monoisotopic (exact) mass is 339 g/mol. The van der Waals surface area contributed by atoms with Crippen LogP contribution in [0.2, 0.25) is 0 Å². The van der Waals surface area contributed by atoms with Crippen molar-refractivity contribution in [3.63, 3.8) is 0 Å². The molecule has 0 bridgehead atoms.